The number of imide groups is 1. The molecule has 5 heteroatoms. The number of hydrogen-bond donors (Lipinski definition) is 2. The second-order valence-electron chi connectivity index (χ2n) is 5.62. The number of nitrogens with one attached hydrogen (secondary N) is 2. The second kappa shape index (κ2) is 7.63. The molecule has 21 heavy (non-hydrogen) atoms. The van der Waals surface area contributed by atoms with Crippen molar-refractivity contribution < 1.29 is 30.0 Å². The summed E-state index contributed by atoms with van der Waals surface area (Å²) in [5, 5.41) is 5.58. The van der Waals surface area contributed by atoms with Crippen LogP contribution in [0, 0.1) is 11.8 Å². The van der Waals surface area contributed by atoms with E-state index in [-0.39, 0.29) is 38.3 Å². The van der Waals surface area contributed by atoms with Gasteiger partial charge in [-0.1, -0.05) is 32.4 Å². The molecule has 2 aliphatic rings. The maximum Gasteiger partial charge on any atom is 0.248 e. The number of carbonyl (C=O) groups excluding carboxylic acids is 2. The van der Waals surface area contributed by atoms with Crippen molar-refractivity contribution in [2.24, 2.45) is 5.92 Å². The first-order chi connectivity index (χ1) is 9.45. The van der Waals surface area contributed by atoms with Gasteiger partial charge in [0.05, 0.1) is 6.04 Å². The molecule has 0 saturated carbocycles. The van der Waals surface area contributed by atoms with Crippen LogP contribution in [0.2, 0.25) is 0 Å². The third-order valence-corrected chi connectivity index (χ3v) is 3.48. The number of piperidine rings is 1. The number of rotatable bonds is 3. The Balaban J connectivity index is 0.00000220. The van der Waals surface area contributed by atoms with Gasteiger partial charge in [-0.25, -0.2) is 0 Å². The van der Waals surface area contributed by atoms with E-state index in [1.807, 2.05) is 19.1 Å². The molecule has 1 saturated heterocycles. The number of hydrogen-bond acceptors (Lipinski definition) is 3. The number of amides is 2. The Bertz CT molecular complexity index is 506. The SMILES string of the molecule is C[C-]1C=C(NC2CCC(=O)NC2=O)C=CC(C(C)C)=C1.[Re]. The third-order valence-electron chi connectivity index (χ3n) is 3.48. The molecule has 0 spiro atoms. The van der Waals surface area contributed by atoms with E-state index in [4.69, 9.17) is 0 Å². The van der Waals surface area contributed by atoms with Crippen molar-refractivity contribution in [2.75, 3.05) is 0 Å². The van der Waals surface area contributed by atoms with Crippen molar-refractivity contribution in [2.45, 2.75) is 39.7 Å². The van der Waals surface area contributed by atoms with Crippen molar-refractivity contribution in [1.29, 1.82) is 0 Å². The van der Waals surface area contributed by atoms with E-state index in [9.17, 15) is 9.59 Å². The van der Waals surface area contributed by atoms with Gasteiger partial charge in [-0.2, -0.15) is 12.0 Å². The first-order valence-corrected chi connectivity index (χ1v) is 7.01. The summed E-state index contributed by atoms with van der Waals surface area (Å²) >= 11 is 0. The summed E-state index contributed by atoms with van der Waals surface area (Å²) < 4.78 is 0. The monoisotopic (exact) mass is 460 g/mol. The molecule has 1 aliphatic heterocycles. The predicted molar refractivity (Wildman–Crippen MR) is 78.4 cm³/mol. The third kappa shape index (κ3) is 4.87. The van der Waals surface area contributed by atoms with Crippen molar-refractivity contribution in [1.82, 2.24) is 10.6 Å². The van der Waals surface area contributed by atoms with E-state index < -0.39 is 0 Å². The van der Waals surface area contributed by atoms with Crippen molar-refractivity contribution in [3.05, 3.63) is 41.5 Å². The normalized spacial score (nSPS) is 22.1. The van der Waals surface area contributed by atoms with E-state index in [1.54, 1.807) is 0 Å². The maximum absolute atomic E-state index is 11.8. The van der Waals surface area contributed by atoms with Crippen molar-refractivity contribution in [3.63, 3.8) is 0 Å². The average Bonchev–Trinajstić information content (AvgIpc) is 2.54. The largest absolute Gasteiger partial charge is 0.426 e. The fourth-order valence-corrected chi connectivity index (χ4v) is 2.31. The molecule has 1 heterocycles. The van der Waals surface area contributed by atoms with Gasteiger partial charge < -0.3 is 5.32 Å². The van der Waals surface area contributed by atoms with E-state index in [0.29, 0.717) is 18.8 Å². The standard InChI is InChI=1S/C16H21N2O2.Re/c1-10(2)12-4-5-13(9-11(3)8-12)17-14-6-7-15(19)18-16(14)20;/h4-5,8-10,14,17H,6-7H2,1-3H3,(H,18,19,20);/q-1;. The molecule has 2 rings (SSSR count). The molecule has 4 nitrogen and oxygen atoms in total. The van der Waals surface area contributed by atoms with Gasteiger partial charge in [0.1, 0.15) is 0 Å². The van der Waals surface area contributed by atoms with Crippen LogP contribution in [0.15, 0.2) is 35.6 Å². The van der Waals surface area contributed by atoms with Gasteiger partial charge in [0.15, 0.2) is 0 Å². The number of allylic oxidation sites excluding steroid dienone is 5. The van der Waals surface area contributed by atoms with Gasteiger partial charge in [0.25, 0.3) is 0 Å². The molecule has 0 bridgehead atoms. The average molecular weight is 460 g/mol. The summed E-state index contributed by atoms with van der Waals surface area (Å²) in [6.45, 7) is 6.35. The zero-order chi connectivity index (χ0) is 14.7. The van der Waals surface area contributed by atoms with Gasteiger partial charge >= 0.3 is 0 Å². The summed E-state index contributed by atoms with van der Waals surface area (Å²) in [6.07, 6.45) is 9.17. The van der Waals surface area contributed by atoms with Crippen LogP contribution in [-0.4, -0.2) is 17.9 Å². The Labute approximate surface area is 139 Å². The molecule has 1 radical (unpaired) electrons. The maximum atomic E-state index is 11.8. The van der Waals surface area contributed by atoms with E-state index in [1.165, 1.54) is 5.57 Å². The summed E-state index contributed by atoms with van der Waals surface area (Å²) in [4.78, 5) is 22.9. The number of carbonyl (C=O) groups is 2. The summed E-state index contributed by atoms with van der Waals surface area (Å²) in [7, 11) is 0. The van der Waals surface area contributed by atoms with Crippen LogP contribution in [-0.2, 0) is 30.0 Å². The van der Waals surface area contributed by atoms with Crippen LogP contribution in [0.3, 0.4) is 0 Å². The van der Waals surface area contributed by atoms with Gasteiger partial charge in [-0.05, 0) is 6.42 Å². The second-order valence-corrected chi connectivity index (χ2v) is 5.62. The Kier molecular flexibility index (Phi) is 6.45. The van der Waals surface area contributed by atoms with Crippen LogP contribution in [0.5, 0.6) is 0 Å². The van der Waals surface area contributed by atoms with Crippen LogP contribution >= 0.6 is 0 Å². The van der Waals surface area contributed by atoms with Crippen LogP contribution in [0.1, 0.15) is 33.6 Å². The Morgan fingerprint density at radius 1 is 1.29 bits per heavy atom. The summed E-state index contributed by atoms with van der Waals surface area (Å²) in [6, 6.07) is -0.336. The zero-order valence-corrected chi connectivity index (χ0v) is 15.3. The van der Waals surface area contributed by atoms with Crippen molar-refractivity contribution >= 4 is 11.8 Å². The molecule has 1 atom stereocenters. The quantitative estimate of drug-likeness (QED) is 0.502. The fourth-order valence-electron chi connectivity index (χ4n) is 2.31. The van der Waals surface area contributed by atoms with Crippen molar-refractivity contribution in [3.8, 4) is 0 Å². The molecule has 0 aromatic heterocycles. The van der Waals surface area contributed by atoms with E-state index >= 15 is 0 Å². The molecule has 1 fully saturated rings. The molecule has 0 aromatic carbocycles. The summed E-state index contributed by atoms with van der Waals surface area (Å²) in [5.41, 5.74) is 2.17. The van der Waals surface area contributed by atoms with E-state index in [0.717, 1.165) is 11.6 Å². The first kappa shape index (κ1) is 17.7. The van der Waals surface area contributed by atoms with Gasteiger partial charge in [0.2, 0.25) is 11.8 Å². The fraction of sp³-hybridized carbons (Fsp3) is 0.438. The minimum atomic E-state index is -0.336. The van der Waals surface area contributed by atoms with Crippen LogP contribution in [0.25, 0.3) is 0 Å². The minimum absolute atomic E-state index is 0. The van der Waals surface area contributed by atoms with E-state index in [2.05, 4.69) is 36.6 Å². The minimum Gasteiger partial charge on any atom is -0.426 e. The first-order valence-electron chi connectivity index (χ1n) is 7.01. The molecule has 1 unspecified atom stereocenters. The Morgan fingerprint density at radius 3 is 2.62 bits per heavy atom. The summed E-state index contributed by atoms with van der Waals surface area (Å²) in [5.74, 6) is 1.18. The molecule has 2 N–H and O–H groups in total. The smallest absolute Gasteiger partial charge is 0.248 e. The topological polar surface area (TPSA) is 58.2 Å². The van der Waals surface area contributed by atoms with Gasteiger partial charge in [0, 0.05) is 26.8 Å². The van der Waals surface area contributed by atoms with Crippen LogP contribution in [0.4, 0.5) is 0 Å². The van der Waals surface area contributed by atoms with Gasteiger partial charge in [-0.15, -0.1) is 23.8 Å². The molecular formula is C16H21N2O2Re-. The predicted octanol–water partition coefficient (Wildman–Crippen LogP) is 2.01. The molecule has 2 amide bonds. The molecule has 0 aromatic rings. The molecule has 1 aliphatic carbocycles. The molecular weight excluding hydrogens is 438 g/mol. The zero-order valence-electron chi connectivity index (χ0n) is 12.6. The van der Waals surface area contributed by atoms with Gasteiger partial charge in [-0.3, -0.25) is 14.9 Å². The van der Waals surface area contributed by atoms with Crippen LogP contribution < -0.4 is 10.6 Å². The Hall–Kier alpha value is -1.31. The Morgan fingerprint density at radius 2 is 2.00 bits per heavy atom. The molecule has 115 valence electrons.